The Balaban J connectivity index is 1.99. The fourth-order valence-electron chi connectivity index (χ4n) is 1.51. The van der Waals surface area contributed by atoms with Gasteiger partial charge in [-0.15, -0.1) is 0 Å². The molecule has 2 aromatic rings. The molecule has 5 heteroatoms. The van der Waals surface area contributed by atoms with Gasteiger partial charge in [-0.1, -0.05) is 23.7 Å². The summed E-state index contributed by atoms with van der Waals surface area (Å²) < 4.78 is 5.57. The van der Waals surface area contributed by atoms with E-state index in [-0.39, 0.29) is 0 Å². The van der Waals surface area contributed by atoms with Gasteiger partial charge >= 0.3 is 0 Å². The van der Waals surface area contributed by atoms with Gasteiger partial charge < -0.3 is 10.1 Å². The van der Waals surface area contributed by atoms with Crippen molar-refractivity contribution in [3.63, 3.8) is 0 Å². The molecule has 4 nitrogen and oxygen atoms in total. The molecule has 18 heavy (non-hydrogen) atoms. The van der Waals surface area contributed by atoms with Crippen LogP contribution >= 0.6 is 11.6 Å². The number of benzene rings is 1. The second-order valence-electron chi connectivity index (χ2n) is 3.80. The Morgan fingerprint density at radius 1 is 1.33 bits per heavy atom. The molecule has 0 fully saturated rings. The zero-order chi connectivity index (χ0) is 12.8. The van der Waals surface area contributed by atoms with E-state index >= 15 is 0 Å². The molecule has 0 saturated heterocycles. The fraction of sp³-hybridized carbons (Fsp3) is 0.231. The second-order valence-corrected chi connectivity index (χ2v) is 4.23. The Morgan fingerprint density at radius 3 is 3.00 bits per heavy atom. The van der Waals surface area contributed by atoms with Crippen molar-refractivity contribution in [2.24, 2.45) is 0 Å². The van der Waals surface area contributed by atoms with Gasteiger partial charge in [-0.25, -0.2) is 4.98 Å². The van der Waals surface area contributed by atoms with Crippen molar-refractivity contribution in [1.82, 2.24) is 15.3 Å². The first-order chi connectivity index (χ1) is 8.78. The summed E-state index contributed by atoms with van der Waals surface area (Å²) in [6.45, 7) is 1.10. The highest BCUT2D eigenvalue weighted by molar-refractivity contribution is 6.30. The largest absolute Gasteiger partial charge is 0.472 e. The molecule has 0 aliphatic rings. The van der Waals surface area contributed by atoms with Crippen LogP contribution in [0.15, 0.2) is 36.7 Å². The van der Waals surface area contributed by atoms with E-state index in [1.165, 1.54) is 0 Å². The average molecular weight is 264 g/mol. The van der Waals surface area contributed by atoms with Crippen LogP contribution in [0.25, 0.3) is 0 Å². The predicted molar refractivity (Wildman–Crippen MR) is 70.6 cm³/mol. The molecule has 0 unspecified atom stereocenters. The monoisotopic (exact) mass is 263 g/mol. The zero-order valence-electron chi connectivity index (χ0n) is 10.1. The zero-order valence-corrected chi connectivity index (χ0v) is 10.8. The molecule has 1 N–H and O–H groups in total. The molecule has 0 amide bonds. The van der Waals surface area contributed by atoms with Crippen LogP contribution in [0.5, 0.6) is 5.88 Å². The smallest absolute Gasteiger partial charge is 0.232 e. The van der Waals surface area contributed by atoms with Gasteiger partial charge in [-0.2, -0.15) is 0 Å². The summed E-state index contributed by atoms with van der Waals surface area (Å²) >= 11 is 5.90. The molecule has 0 radical (unpaired) electrons. The molecule has 0 saturated carbocycles. The molecule has 2 rings (SSSR count). The predicted octanol–water partition coefficient (Wildman–Crippen LogP) is 2.43. The van der Waals surface area contributed by atoms with Crippen molar-refractivity contribution in [3.8, 4) is 5.88 Å². The molecule has 0 atom stereocenters. The lowest BCUT2D eigenvalue weighted by atomic mass is 10.2. The first-order valence-corrected chi connectivity index (χ1v) is 5.98. The van der Waals surface area contributed by atoms with Gasteiger partial charge in [0.15, 0.2) is 0 Å². The maximum atomic E-state index is 5.90. The summed E-state index contributed by atoms with van der Waals surface area (Å²) in [5.74, 6) is 0.516. The lowest BCUT2D eigenvalue weighted by Crippen LogP contribution is -2.08. The lowest BCUT2D eigenvalue weighted by molar-refractivity contribution is 0.291. The van der Waals surface area contributed by atoms with Crippen molar-refractivity contribution in [2.45, 2.75) is 13.2 Å². The number of nitrogens with zero attached hydrogens (tertiary/aromatic N) is 2. The quantitative estimate of drug-likeness (QED) is 0.900. The van der Waals surface area contributed by atoms with Crippen molar-refractivity contribution < 1.29 is 4.74 Å². The normalized spacial score (nSPS) is 10.3. The van der Waals surface area contributed by atoms with E-state index < -0.39 is 0 Å². The van der Waals surface area contributed by atoms with Gasteiger partial charge in [0.2, 0.25) is 5.88 Å². The minimum atomic E-state index is 0.429. The summed E-state index contributed by atoms with van der Waals surface area (Å²) in [5.41, 5.74) is 1.85. The van der Waals surface area contributed by atoms with Gasteiger partial charge in [-0.05, 0) is 24.7 Å². The van der Waals surface area contributed by atoms with E-state index in [1.807, 2.05) is 31.3 Å². The van der Waals surface area contributed by atoms with Crippen LogP contribution in [0.1, 0.15) is 11.3 Å². The SMILES string of the molecule is CNCc1cncc(OCc2cccc(Cl)c2)n1. The third-order valence-electron chi connectivity index (χ3n) is 2.30. The highest BCUT2D eigenvalue weighted by Crippen LogP contribution is 2.13. The molecule has 0 bridgehead atoms. The number of nitrogens with one attached hydrogen (secondary N) is 1. The number of halogens is 1. The number of hydrogen-bond acceptors (Lipinski definition) is 4. The highest BCUT2D eigenvalue weighted by atomic mass is 35.5. The molecular formula is C13H14ClN3O. The molecule has 0 aliphatic carbocycles. The van der Waals surface area contributed by atoms with Crippen LogP contribution in [-0.2, 0) is 13.2 Å². The van der Waals surface area contributed by atoms with Gasteiger partial charge in [0.1, 0.15) is 6.61 Å². The first-order valence-electron chi connectivity index (χ1n) is 5.60. The third-order valence-corrected chi connectivity index (χ3v) is 2.53. The Morgan fingerprint density at radius 2 is 2.22 bits per heavy atom. The van der Waals surface area contributed by atoms with Crippen LogP contribution in [0, 0.1) is 0 Å². The second kappa shape index (κ2) is 6.33. The third kappa shape index (κ3) is 3.68. The molecular weight excluding hydrogens is 250 g/mol. The lowest BCUT2D eigenvalue weighted by Gasteiger charge is -2.06. The Labute approximate surface area is 111 Å². The topological polar surface area (TPSA) is 47.0 Å². The first kappa shape index (κ1) is 12.8. The summed E-state index contributed by atoms with van der Waals surface area (Å²) in [6, 6.07) is 7.55. The van der Waals surface area contributed by atoms with Gasteiger partial charge in [0, 0.05) is 17.8 Å². The summed E-state index contributed by atoms with van der Waals surface area (Å²) in [6.07, 6.45) is 3.31. The Hall–Kier alpha value is -1.65. The Kier molecular flexibility index (Phi) is 4.50. The van der Waals surface area contributed by atoms with Crippen molar-refractivity contribution >= 4 is 11.6 Å². The fourth-order valence-corrected chi connectivity index (χ4v) is 1.72. The van der Waals surface area contributed by atoms with Crippen LogP contribution in [0.3, 0.4) is 0 Å². The van der Waals surface area contributed by atoms with Crippen LogP contribution in [0.4, 0.5) is 0 Å². The van der Waals surface area contributed by atoms with Crippen molar-refractivity contribution in [1.29, 1.82) is 0 Å². The van der Waals surface area contributed by atoms with E-state index in [9.17, 15) is 0 Å². The molecule has 1 aromatic carbocycles. The van der Waals surface area contributed by atoms with Crippen LogP contribution < -0.4 is 10.1 Å². The number of rotatable bonds is 5. The number of hydrogen-bond donors (Lipinski definition) is 1. The summed E-state index contributed by atoms with van der Waals surface area (Å²) in [5, 5.41) is 3.72. The molecule has 1 heterocycles. The summed E-state index contributed by atoms with van der Waals surface area (Å²) in [7, 11) is 1.86. The number of ether oxygens (including phenoxy) is 1. The highest BCUT2D eigenvalue weighted by Gasteiger charge is 2.00. The van der Waals surface area contributed by atoms with Gasteiger partial charge in [0.25, 0.3) is 0 Å². The maximum Gasteiger partial charge on any atom is 0.232 e. The minimum Gasteiger partial charge on any atom is -0.472 e. The summed E-state index contributed by atoms with van der Waals surface area (Å²) in [4.78, 5) is 8.40. The van der Waals surface area contributed by atoms with E-state index in [0.29, 0.717) is 24.1 Å². The van der Waals surface area contributed by atoms with E-state index in [0.717, 1.165) is 11.3 Å². The van der Waals surface area contributed by atoms with E-state index in [1.54, 1.807) is 12.4 Å². The Bertz CT molecular complexity index is 519. The molecule has 94 valence electrons. The average Bonchev–Trinajstić information content (AvgIpc) is 2.37. The van der Waals surface area contributed by atoms with E-state index in [4.69, 9.17) is 16.3 Å². The molecule has 0 spiro atoms. The van der Waals surface area contributed by atoms with Gasteiger partial charge in [-0.3, -0.25) is 4.98 Å². The molecule has 0 aliphatic heterocycles. The number of aromatic nitrogens is 2. The van der Waals surface area contributed by atoms with Crippen molar-refractivity contribution in [3.05, 3.63) is 52.9 Å². The van der Waals surface area contributed by atoms with E-state index in [2.05, 4.69) is 15.3 Å². The van der Waals surface area contributed by atoms with Crippen LogP contribution in [0.2, 0.25) is 5.02 Å². The van der Waals surface area contributed by atoms with Crippen LogP contribution in [-0.4, -0.2) is 17.0 Å². The molecule has 1 aromatic heterocycles. The van der Waals surface area contributed by atoms with Crippen molar-refractivity contribution in [2.75, 3.05) is 7.05 Å². The maximum absolute atomic E-state index is 5.90. The standard InChI is InChI=1S/C13H14ClN3O/c1-15-6-12-7-16-8-13(17-12)18-9-10-3-2-4-11(14)5-10/h2-5,7-8,15H,6,9H2,1H3. The van der Waals surface area contributed by atoms with Gasteiger partial charge in [0.05, 0.1) is 11.9 Å². The minimum absolute atomic E-state index is 0.429.